The molecule has 2 aromatic carbocycles. The number of anilines is 2. The summed E-state index contributed by atoms with van der Waals surface area (Å²) >= 11 is 0. The van der Waals surface area contributed by atoms with Crippen molar-refractivity contribution in [3.8, 4) is 16.9 Å². The van der Waals surface area contributed by atoms with E-state index in [0.29, 0.717) is 48.7 Å². The van der Waals surface area contributed by atoms with Crippen molar-refractivity contribution in [2.75, 3.05) is 37.0 Å². The van der Waals surface area contributed by atoms with E-state index in [2.05, 4.69) is 15.2 Å². The summed E-state index contributed by atoms with van der Waals surface area (Å²) in [5.74, 6) is -0.520. The number of alkyl halides is 3. The Labute approximate surface area is 235 Å². The van der Waals surface area contributed by atoms with Gasteiger partial charge in [-0.2, -0.15) is 13.2 Å². The molecule has 2 fully saturated rings. The number of pyridine rings is 1. The van der Waals surface area contributed by atoms with E-state index in [0.717, 1.165) is 19.0 Å². The van der Waals surface area contributed by atoms with Gasteiger partial charge in [-0.3, -0.25) is 14.5 Å². The van der Waals surface area contributed by atoms with Gasteiger partial charge in [-0.25, -0.2) is 4.39 Å². The monoisotopic (exact) mass is 572 g/mol. The highest BCUT2D eigenvalue weighted by Crippen LogP contribution is 2.38. The Morgan fingerprint density at radius 1 is 1.10 bits per heavy atom. The van der Waals surface area contributed by atoms with Crippen molar-refractivity contribution in [1.29, 1.82) is 0 Å². The molecule has 2 N–H and O–H groups in total. The fourth-order valence-electron chi connectivity index (χ4n) is 5.08. The molecule has 2 heterocycles. The fourth-order valence-corrected chi connectivity index (χ4v) is 5.08. The maximum atomic E-state index is 15.7. The molecule has 0 spiro atoms. The highest BCUT2D eigenvalue weighted by molar-refractivity contribution is 6.07. The minimum atomic E-state index is -4.93. The second-order valence-corrected chi connectivity index (χ2v) is 11.0. The summed E-state index contributed by atoms with van der Waals surface area (Å²) in [4.78, 5) is 31.1. The summed E-state index contributed by atoms with van der Waals surface area (Å²) < 4.78 is 62.7. The molecule has 3 aromatic rings. The average molecular weight is 573 g/mol. The van der Waals surface area contributed by atoms with Crippen LogP contribution in [0.3, 0.4) is 0 Å². The molecule has 1 aliphatic carbocycles. The highest BCUT2D eigenvalue weighted by Gasteiger charge is 2.36. The normalized spacial score (nSPS) is 19.7. The smallest absolute Gasteiger partial charge is 0.417 e. The van der Waals surface area contributed by atoms with Crippen molar-refractivity contribution in [1.82, 2.24) is 9.88 Å². The number of rotatable bonds is 7. The molecular weight excluding hydrogens is 540 g/mol. The van der Waals surface area contributed by atoms with Gasteiger partial charge < -0.3 is 19.9 Å². The average Bonchev–Trinajstić information content (AvgIpc) is 3.75. The third-order valence-corrected chi connectivity index (χ3v) is 7.84. The van der Waals surface area contributed by atoms with E-state index < -0.39 is 34.6 Å². The highest BCUT2D eigenvalue weighted by atomic mass is 19.4. The lowest BCUT2D eigenvalue weighted by molar-refractivity contribution is -0.138. The number of carbonyl (C=O) groups is 1. The van der Waals surface area contributed by atoms with Crippen LogP contribution in [0.25, 0.3) is 11.1 Å². The van der Waals surface area contributed by atoms with Crippen LogP contribution in [0.2, 0.25) is 0 Å². The fraction of sp³-hybridized carbons (Fsp3) is 0.400. The number of amides is 1. The van der Waals surface area contributed by atoms with E-state index in [1.54, 1.807) is 24.3 Å². The van der Waals surface area contributed by atoms with E-state index >= 15 is 4.39 Å². The van der Waals surface area contributed by atoms with Gasteiger partial charge in [0.15, 0.2) is 0 Å². The molecule has 5 rings (SSSR count). The Bertz CT molecular complexity index is 1490. The third kappa shape index (κ3) is 6.40. The molecule has 2 atom stereocenters. The molecule has 218 valence electrons. The van der Waals surface area contributed by atoms with Gasteiger partial charge >= 0.3 is 6.18 Å². The van der Waals surface area contributed by atoms with Gasteiger partial charge in [0, 0.05) is 43.0 Å². The molecule has 2 aliphatic rings. The number of aromatic nitrogens is 1. The third-order valence-electron chi connectivity index (χ3n) is 7.84. The van der Waals surface area contributed by atoms with Crippen LogP contribution in [-0.4, -0.2) is 54.6 Å². The largest absolute Gasteiger partial charge is 0.493 e. The first kappa shape index (κ1) is 28.7. The summed E-state index contributed by atoms with van der Waals surface area (Å²) in [5.41, 5.74) is -1.92. The molecule has 1 saturated heterocycles. The van der Waals surface area contributed by atoms with Gasteiger partial charge in [0.25, 0.3) is 5.91 Å². The van der Waals surface area contributed by atoms with E-state index in [1.807, 2.05) is 25.8 Å². The van der Waals surface area contributed by atoms with Crippen molar-refractivity contribution in [2.24, 2.45) is 5.92 Å². The minimum absolute atomic E-state index is 0.0985. The second kappa shape index (κ2) is 11.2. The molecule has 0 unspecified atom stereocenters. The number of likely N-dealkylation sites (N-methyl/N-ethyl adjacent to an activating group) is 1. The number of nitrogens with zero attached hydrogens (tertiary/aromatic N) is 2. The zero-order valence-corrected chi connectivity index (χ0v) is 23.0. The molecule has 1 aliphatic heterocycles. The van der Waals surface area contributed by atoms with Crippen LogP contribution in [0, 0.1) is 11.7 Å². The van der Waals surface area contributed by atoms with Gasteiger partial charge in [-0.15, -0.1) is 0 Å². The summed E-state index contributed by atoms with van der Waals surface area (Å²) in [6, 6.07) is 10.2. The first-order chi connectivity index (χ1) is 19.4. The minimum Gasteiger partial charge on any atom is -0.493 e. The Kier molecular flexibility index (Phi) is 7.83. The van der Waals surface area contributed by atoms with Gasteiger partial charge in [0.1, 0.15) is 11.6 Å². The first-order valence-electron chi connectivity index (χ1n) is 13.6. The SMILES string of the molecule is C[C@@H]1CN(c2cc(F)c(-c3cccc(OCC4CC4)c3)cc2NC(=O)c2c[nH]c(=O)cc2C(F)(F)F)C[C@H](C)N1C. The topological polar surface area (TPSA) is 77.7 Å². The van der Waals surface area contributed by atoms with Gasteiger partial charge in [0.2, 0.25) is 5.56 Å². The van der Waals surface area contributed by atoms with Crippen LogP contribution < -0.4 is 20.5 Å². The Balaban J connectivity index is 1.55. The van der Waals surface area contributed by atoms with Crippen molar-refractivity contribution in [2.45, 2.75) is 44.9 Å². The molecule has 7 nitrogen and oxygen atoms in total. The van der Waals surface area contributed by atoms with Crippen molar-refractivity contribution in [3.63, 3.8) is 0 Å². The lowest BCUT2D eigenvalue weighted by atomic mass is 10.0. The summed E-state index contributed by atoms with van der Waals surface area (Å²) in [7, 11) is 1.99. The molecule has 1 saturated carbocycles. The van der Waals surface area contributed by atoms with Crippen LogP contribution in [0.15, 0.2) is 53.5 Å². The Morgan fingerprint density at radius 3 is 2.46 bits per heavy atom. The molecule has 0 radical (unpaired) electrons. The van der Waals surface area contributed by atoms with Crippen LogP contribution in [0.1, 0.15) is 42.6 Å². The van der Waals surface area contributed by atoms with Crippen molar-refractivity contribution in [3.05, 3.63) is 76.0 Å². The van der Waals surface area contributed by atoms with E-state index in [4.69, 9.17) is 4.74 Å². The summed E-state index contributed by atoms with van der Waals surface area (Å²) in [6.07, 6.45) is -1.95. The van der Waals surface area contributed by atoms with Crippen LogP contribution in [0.5, 0.6) is 5.75 Å². The molecule has 41 heavy (non-hydrogen) atoms. The van der Waals surface area contributed by atoms with Crippen LogP contribution >= 0.6 is 0 Å². The number of carbonyl (C=O) groups excluding carboxylic acids is 1. The van der Waals surface area contributed by atoms with Crippen LogP contribution in [-0.2, 0) is 6.18 Å². The number of H-pyrrole nitrogens is 1. The first-order valence-corrected chi connectivity index (χ1v) is 13.6. The number of aromatic amines is 1. The Hall–Kier alpha value is -3.86. The molecule has 1 aromatic heterocycles. The molecule has 11 heteroatoms. The predicted octanol–water partition coefficient (Wildman–Crippen LogP) is 5.77. The second-order valence-electron chi connectivity index (χ2n) is 11.0. The lowest BCUT2D eigenvalue weighted by Crippen LogP contribution is -2.55. The number of benzene rings is 2. The van der Waals surface area contributed by atoms with E-state index in [9.17, 15) is 22.8 Å². The lowest BCUT2D eigenvalue weighted by Gasteiger charge is -2.44. The Morgan fingerprint density at radius 2 is 1.80 bits per heavy atom. The van der Waals surface area contributed by atoms with Gasteiger partial charge in [0.05, 0.1) is 29.1 Å². The predicted molar refractivity (Wildman–Crippen MR) is 149 cm³/mol. The maximum absolute atomic E-state index is 15.7. The number of nitrogens with one attached hydrogen (secondary N) is 2. The zero-order chi connectivity index (χ0) is 29.5. The number of piperazine rings is 1. The zero-order valence-electron chi connectivity index (χ0n) is 23.0. The van der Waals surface area contributed by atoms with E-state index in [-0.39, 0.29) is 23.3 Å². The maximum Gasteiger partial charge on any atom is 0.417 e. The molecule has 0 bridgehead atoms. The number of halogens is 4. The van der Waals surface area contributed by atoms with Crippen LogP contribution in [0.4, 0.5) is 28.9 Å². The molecule has 1 amide bonds. The number of hydrogen-bond donors (Lipinski definition) is 2. The summed E-state index contributed by atoms with van der Waals surface area (Å²) in [6.45, 7) is 5.65. The van der Waals surface area contributed by atoms with Gasteiger partial charge in [-0.1, -0.05) is 12.1 Å². The van der Waals surface area contributed by atoms with Gasteiger partial charge in [-0.05, 0) is 69.5 Å². The van der Waals surface area contributed by atoms with E-state index in [1.165, 1.54) is 12.1 Å². The standard InChI is InChI=1S/C30H32F4N4O3/c1-17-14-38(15-18(2)37(17)3)27-12-25(31)22(20-5-4-6-21(9-20)41-16-19-7-8-19)10-26(27)36-29(40)23-13-35-28(39)11-24(23)30(32,33)34/h4-6,9-13,17-19H,7-8,14-16H2,1-3H3,(H,35,39)(H,36,40)/t17-,18+. The number of hydrogen-bond acceptors (Lipinski definition) is 5. The number of ether oxygens (including phenoxy) is 1. The molecular formula is C30H32F4N4O3. The summed E-state index contributed by atoms with van der Waals surface area (Å²) in [5, 5.41) is 2.58. The van der Waals surface area contributed by atoms with Crippen molar-refractivity contribution >= 4 is 17.3 Å². The quantitative estimate of drug-likeness (QED) is 0.352. The van der Waals surface area contributed by atoms with Crippen molar-refractivity contribution < 1.29 is 27.1 Å².